The van der Waals surface area contributed by atoms with E-state index in [1.165, 1.54) is 11.8 Å². The number of hydrogen-bond donors (Lipinski definition) is 2. The molecular formula is C20H24N2O2. The first-order chi connectivity index (χ1) is 11.3. The zero-order valence-electron chi connectivity index (χ0n) is 14.6. The summed E-state index contributed by atoms with van der Waals surface area (Å²) < 4.78 is 0. The van der Waals surface area contributed by atoms with E-state index in [4.69, 9.17) is 0 Å². The number of hydrogen-bond acceptors (Lipinski definition) is 3. The maximum absolute atomic E-state index is 11.9. The first kappa shape index (κ1) is 17.7. The van der Waals surface area contributed by atoms with Crippen molar-refractivity contribution < 1.29 is 9.90 Å². The van der Waals surface area contributed by atoms with E-state index in [2.05, 4.69) is 43.4 Å². The zero-order chi connectivity index (χ0) is 17.7. The molecule has 2 aromatic carbocycles. The number of phenols is 1. The number of phenolic OH excluding ortho intramolecular Hbond substituents is 1. The van der Waals surface area contributed by atoms with Crippen LogP contribution in [0, 0.1) is 6.92 Å². The third kappa shape index (κ3) is 4.95. The predicted octanol–water partition coefficient (Wildman–Crippen LogP) is 3.69. The fraction of sp³-hybridized carbons (Fsp3) is 0.300. The Morgan fingerprint density at radius 2 is 1.83 bits per heavy atom. The number of nitrogens with zero attached hydrogens (tertiary/aromatic N) is 1. The molecule has 24 heavy (non-hydrogen) atoms. The Kier molecular flexibility index (Phi) is 5.39. The van der Waals surface area contributed by atoms with Crippen molar-refractivity contribution in [2.75, 3.05) is 0 Å². The largest absolute Gasteiger partial charge is 0.507 e. The Morgan fingerprint density at radius 1 is 1.17 bits per heavy atom. The Bertz CT molecular complexity index is 741. The van der Waals surface area contributed by atoms with E-state index in [1.807, 2.05) is 25.1 Å². The number of carbonyl (C=O) groups excluding carboxylic acids is 1. The van der Waals surface area contributed by atoms with E-state index >= 15 is 0 Å². The smallest absolute Gasteiger partial charge is 0.244 e. The Hall–Kier alpha value is -2.62. The van der Waals surface area contributed by atoms with Crippen LogP contribution in [0.25, 0.3) is 0 Å². The summed E-state index contributed by atoms with van der Waals surface area (Å²) in [6.45, 7) is 8.40. The van der Waals surface area contributed by atoms with Gasteiger partial charge in [-0.1, -0.05) is 56.7 Å². The van der Waals surface area contributed by atoms with Gasteiger partial charge >= 0.3 is 0 Å². The molecule has 1 amide bonds. The highest BCUT2D eigenvalue weighted by Gasteiger charge is 2.13. The Morgan fingerprint density at radius 3 is 2.46 bits per heavy atom. The second-order valence-electron chi connectivity index (χ2n) is 6.98. The third-order valence-corrected chi connectivity index (χ3v) is 3.76. The van der Waals surface area contributed by atoms with Gasteiger partial charge in [0.2, 0.25) is 5.91 Å². The molecule has 4 nitrogen and oxygen atoms in total. The number of aryl methyl sites for hydroxylation is 1. The van der Waals surface area contributed by atoms with Crippen LogP contribution in [0.3, 0.4) is 0 Å². The van der Waals surface area contributed by atoms with Crippen molar-refractivity contribution in [1.82, 2.24) is 5.43 Å². The lowest BCUT2D eigenvalue weighted by atomic mass is 9.86. The normalized spacial score (nSPS) is 11.7. The molecule has 2 N–H and O–H groups in total. The summed E-state index contributed by atoms with van der Waals surface area (Å²) in [5.41, 5.74) is 6.35. The van der Waals surface area contributed by atoms with Gasteiger partial charge in [0.25, 0.3) is 0 Å². The average Bonchev–Trinajstić information content (AvgIpc) is 2.50. The van der Waals surface area contributed by atoms with Gasteiger partial charge in [-0.25, -0.2) is 5.43 Å². The van der Waals surface area contributed by atoms with Gasteiger partial charge in [-0.3, -0.25) is 4.79 Å². The number of aromatic hydroxyl groups is 1. The van der Waals surface area contributed by atoms with Crippen LogP contribution in [0.4, 0.5) is 0 Å². The van der Waals surface area contributed by atoms with Gasteiger partial charge in [-0.15, -0.1) is 0 Å². The number of rotatable bonds is 4. The minimum atomic E-state index is -0.193. The van der Waals surface area contributed by atoms with Crippen molar-refractivity contribution in [3.05, 3.63) is 64.7 Å². The molecule has 2 rings (SSSR count). The van der Waals surface area contributed by atoms with E-state index in [1.54, 1.807) is 12.1 Å². The van der Waals surface area contributed by atoms with E-state index < -0.39 is 0 Å². The number of benzene rings is 2. The van der Waals surface area contributed by atoms with Gasteiger partial charge in [-0.05, 0) is 35.6 Å². The molecule has 0 radical (unpaired) electrons. The fourth-order valence-corrected chi connectivity index (χ4v) is 2.30. The maximum Gasteiger partial charge on any atom is 0.244 e. The molecule has 0 atom stereocenters. The summed E-state index contributed by atoms with van der Waals surface area (Å²) in [7, 11) is 0. The molecule has 0 bridgehead atoms. The molecule has 0 aromatic heterocycles. The van der Waals surface area contributed by atoms with E-state index in [0.717, 1.165) is 11.1 Å². The molecule has 0 saturated heterocycles. The van der Waals surface area contributed by atoms with Crippen LogP contribution in [-0.2, 0) is 16.6 Å². The lowest BCUT2D eigenvalue weighted by Gasteiger charge is -2.19. The summed E-state index contributed by atoms with van der Waals surface area (Å²) in [6.07, 6.45) is 1.71. The van der Waals surface area contributed by atoms with Crippen LogP contribution in [0.1, 0.15) is 43.0 Å². The minimum absolute atomic E-state index is 0.0981. The molecule has 0 heterocycles. The topological polar surface area (TPSA) is 61.7 Å². The Balaban J connectivity index is 1.94. The summed E-state index contributed by atoms with van der Waals surface area (Å²) in [5, 5.41) is 13.6. The summed E-state index contributed by atoms with van der Waals surface area (Å²) in [5.74, 6) is -0.0572. The second kappa shape index (κ2) is 7.30. The molecule has 0 fully saturated rings. The van der Waals surface area contributed by atoms with Gasteiger partial charge in [-0.2, -0.15) is 5.10 Å². The monoisotopic (exact) mass is 324 g/mol. The van der Waals surface area contributed by atoms with Crippen molar-refractivity contribution in [2.45, 2.75) is 39.5 Å². The lowest BCUT2D eigenvalue weighted by Crippen LogP contribution is -2.20. The first-order valence-electron chi connectivity index (χ1n) is 7.96. The number of nitrogens with one attached hydrogen (secondary N) is 1. The summed E-state index contributed by atoms with van der Waals surface area (Å²) in [6, 6.07) is 13.3. The number of carbonyl (C=O) groups is 1. The molecule has 0 aliphatic rings. The average molecular weight is 324 g/mol. The minimum Gasteiger partial charge on any atom is -0.507 e. The summed E-state index contributed by atoms with van der Waals surface area (Å²) in [4.78, 5) is 11.9. The fourth-order valence-electron chi connectivity index (χ4n) is 2.30. The van der Waals surface area contributed by atoms with Gasteiger partial charge in [0, 0.05) is 5.56 Å². The van der Waals surface area contributed by atoms with E-state index in [-0.39, 0.29) is 23.5 Å². The van der Waals surface area contributed by atoms with Crippen molar-refractivity contribution >= 4 is 12.1 Å². The maximum atomic E-state index is 11.9. The van der Waals surface area contributed by atoms with Crippen LogP contribution in [0.2, 0.25) is 0 Å². The zero-order valence-corrected chi connectivity index (χ0v) is 14.6. The quantitative estimate of drug-likeness (QED) is 0.665. The predicted molar refractivity (Wildman–Crippen MR) is 97.4 cm³/mol. The van der Waals surface area contributed by atoms with E-state index in [9.17, 15) is 9.90 Å². The third-order valence-electron chi connectivity index (χ3n) is 3.76. The van der Waals surface area contributed by atoms with Crippen molar-refractivity contribution in [1.29, 1.82) is 0 Å². The molecule has 2 aromatic rings. The molecule has 4 heteroatoms. The molecule has 126 valence electrons. The second-order valence-corrected chi connectivity index (χ2v) is 6.98. The highest BCUT2D eigenvalue weighted by atomic mass is 16.3. The van der Waals surface area contributed by atoms with Gasteiger partial charge in [0.05, 0.1) is 12.6 Å². The SMILES string of the molecule is Cc1ccc(O)c(/C=N\NC(=O)Cc2ccc(C(C)(C)C)cc2)c1. The van der Waals surface area contributed by atoms with Crippen LogP contribution < -0.4 is 5.43 Å². The summed E-state index contributed by atoms with van der Waals surface area (Å²) >= 11 is 0. The van der Waals surface area contributed by atoms with Crippen LogP contribution >= 0.6 is 0 Å². The van der Waals surface area contributed by atoms with Crippen LogP contribution in [0.15, 0.2) is 47.6 Å². The van der Waals surface area contributed by atoms with Crippen molar-refractivity contribution in [3.8, 4) is 5.75 Å². The highest BCUT2D eigenvalue weighted by Crippen LogP contribution is 2.22. The van der Waals surface area contributed by atoms with Crippen molar-refractivity contribution in [2.24, 2.45) is 5.10 Å². The van der Waals surface area contributed by atoms with Gasteiger partial charge in [0.1, 0.15) is 5.75 Å². The molecule has 0 spiro atoms. The molecular weight excluding hydrogens is 300 g/mol. The number of hydrazone groups is 1. The molecule has 0 unspecified atom stereocenters. The standard InChI is InChI=1S/C20H24N2O2/c1-14-5-10-18(23)16(11-14)13-21-22-19(24)12-15-6-8-17(9-7-15)20(2,3)4/h5-11,13,23H,12H2,1-4H3,(H,22,24)/b21-13-. The highest BCUT2D eigenvalue weighted by molar-refractivity contribution is 5.85. The Labute approximate surface area is 143 Å². The molecule has 0 saturated carbocycles. The van der Waals surface area contributed by atoms with Gasteiger partial charge in [0.15, 0.2) is 0 Å². The van der Waals surface area contributed by atoms with E-state index in [0.29, 0.717) is 5.56 Å². The van der Waals surface area contributed by atoms with Crippen LogP contribution in [0.5, 0.6) is 5.75 Å². The van der Waals surface area contributed by atoms with Crippen molar-refractivity contribution in [3.63, 3.8) is 0 Å². The molecule has 0 aliphatic heterocycles. The van der Waals surface area contributed by atoms with Gasteiger partial charge < -0.3 is 5.11 Å². The molecule has 0 aliphatic carbocycles. The first-order valence-corrected chi connectivity index (χ1v) is 7.96. The van der Waals surface area contributed by atoms with Crippen LogP contribution in [-0.4, -0.2) is 17.2 Å². The lowest BCUT2D eigenvalue weighted by molar-refractivity contribution is -0.120. The number of amides is 1.